The van der Waals surface area contributed by atoms with Crippen molar-refractivity contribution in [2.45, 2.75) is 38.3 Å². The molecule has 0 unspecified atom stereocenters. The molecule has 33 heavy (non-hydrogen) atoms. The summed E-state index contributed by atoms with van der Waals surface area (Å²) < 4.78 is 27.9. The van der Waals surface area contributed by atoms with Gasteiger partial charge in [-0.2, -0.15) is 0 Å². The summed E-state index contributed by atoms with van der Waals surface area (Å²) in [5, 5.41) is 3.67. The molecular weight excluding hydrogens is 464 g/mol. The van der Waals surface area contributed by atoms with E-state index in [1.807, 2.05) is 6.92 Å². The summed E-state index contributed by atoms with van der Waals surface area (Å²) in [6.07, 6.45) is 4.99. The van der Waals surface area contributed by atoms with E-state index in [9.17, 15) is 18.0 Å². The molecule has 12 heteroatoms. The highest BCUT2D eigenvalue weighted by Crippen LogP contribution is 2.30. The van der Waals surface area contributed by atoms with E-state index in [2.05, 4.69) is 25.0 Å². The highest BCUT2D eigenvalue weighted by molar-refractivity contribution is 7.89. The van der Waals surface area contributed by atoms with Crippen LogP contribution in [0.3, 0.4) is 0 Å². The molecule has 4 rings (SSSR count). The van der Waals surface area contributed by atoms with Crippen LogP contribution in [-0.4, -0.2) is 41.7 Å². The number of aryl methyl sites for hydroxylation is 1. The first-order chi connectivity index (χ1) is 15.7. The number of carbonyl (C=O) groups is 2. The zero-order valence-electron chi connectivity index (χ0n) is 18.0. The van der Waals surface area contributed by atoms with E-state index in [1.54, 1.807) is 23.2 Å². The predicted octanol–water partition coefficient (Wildman–Crippen LogP) is 1.56. The van der Waals surface area contributed by atoms with Gasteiger partial charge in [-0.15, -0.1) is 11.3 Å². The van der Waals surface area contributed by atoms with Gasteiger partial charge in [0.05, 0.1) is 41.1 Å². The van der Waals surface area contributed by atoms with E-state index in [-0.39, 0.29) is 28.9 Å². The van der Waals surface area contributed by atoms with E-state index in [1.165, 1.54) is 36.7 Å². The Bertz CT molecular complexity index is 1300. The summed E-state index contributed by atoms with van der Waals surface area (Å²) >= 11 is 1.50. The number of sulfonamides is 1. The molecule has 1 aromatic carbocycles. The van der Waals surface area contributed by atoms with Crippen LogP contribution in [0.15, 0.2) is 41.7 Å². The number of carbonyl (C=O) groups excluding carboxylic acids is 2. The molecule has 10 nitrogen and oxygen atoms in total. The topological polar surface area (TPSA) is 134 Å². The Morgan fingerprint density at radius 3 is 2.61 bits per heavy atom. The minimum absolute atomic E-state index is 0.0724. The summed E-state index contributed by atoms with van der Waals surface area (Å²) in [4.78, 5) is 38.9. The van der Waals surface area contributed by atoms with Crippen molar-refractivity contribution in [1.82, 2.24) is 25.0 Å². The number of nitrogens with one attached hydrogen (secondary N) is 2. The van der Waals surface area contributed by atoms with Gasteiger partial charge >= 0.3 is 0 Å². The number of hydrogen-bond donors (Lipinski definition) is 2. The average Bonchev–Trinajstić information content (AvgIpc) is 3.42. The number of aromatic nitrogens is 3. The van der Waals surface area contributed by atoms with E-state index < -0.39 is 10.0 Å². The second-order valence-electron chi connectivity index (χ2n) is 7.46. The highest BCUT2D eigenvalue weighted by atomic mass is 32.2. The summed E-state index contributed by atoms with van der Waals surface area (Å²) in [6.45, 7) is 4.19. The molecule has 0 spiro atoms. The quantitative estimate of drug-likeness (QED) is 0.517. The molecule has 0 saturated heterocycles. The van der Waals surface area contributed by atoms with Gasteiger partial charge in [-0.25, -0.2) is 23.1 Å². The minimum Gasteiger partial charge on any atom is -0.346 e. The fraction of sp³-hybridized carbons (Fsp3) is 0.286. The molecule has 1 aliphatic heterocycles. The molecule has 0 aliphatic carbocycles. The number of rotatable bonds is 7. The Labute approximate surface area is 195 Å². The zero-order valence-corrected chi connectivity index (χ0v) is 19.7. The lowest BCUT2D eigenvalue weighted by molar-refractivity contribution is -0.116. The number of benzene rings is 1. The SMILES string of the molecule is CC(=O)N1CCc2cc(S(=O)(=O)NCc3cnc(C(=O)NCc4cnc(C)s4)cn3)ccc21. The van der Waals surface area contributed by atoms with Crippen molar-refractivity contribution in [1.29, 1.82) is 0 Å². The molecule has 3 aromatic rings. The number of thiazole rings is 1. The molecule has 2 N–H and O–H groups in total. The number of hydrogen-bond acceptors (Lipinski definition) is 8. The van der Waals surface area contributed by atoms with Gasteiger partial charge in [-0.1, -0.05) is 0 Å². The lowest BCUT2D eigenvalue weighted by Gasteiger charge is -2.15. The largest absolute Gasteiger partial charge is 0.346 e. The van der Waals surface area contributed by atoms with Crippen molar-refractivity contribution in [3.63, 3.8) is 0 Å². The van der Waals surface area contributed by atoms with Gasteiger partial charge < -0.3 is 10.2 Å². The first kappa shape index (κ1) is 23.0. The van der Waals surface area contributed by atoms with E-state index >= 15 is 0 Å². The van der Waals surface area contributed by atoms with Gasteiger partial charge in [0.2, 0.25) is 15.9 Å². The number of fused-ring (bicyclic) bond motifs is 1. The molecule has 1 aliphatic rings. The third-order valence-corrected chi connectivity index (χ3v) is 7.42. The molecule has 3 heterocycles. The fourth-order valence-electron chi connectivity index (χ4n) is 3.43. The molecule has 2 aromatic heterocycles. The Balaban J connectivity index is 1.36. The highest BCUT2D eigenvalue weighted by Gasteiger charge is 2.24. The van der Waals surface area contributed by atoms with Crippen LogP contribution in [0.25, 0.3) is 0 Å². The van der Waals surface area contributed by atoms with Crippen molar-refractivity contribution in [3.8, 4) is 0 Å². The monoisotopic (exact) mass is 486 g/mol. The van der Waals surface area contributed by atoms with Gasteiger partial charge in [0, 0.05) is 30.2 Å². The van der Waals surface area contributed by atoms with Crippen molar-refractivity contribution in [3.05, 3.63) is 63.6 Å². The first-order valence-corrected chi connectivity index (χ1v) is 12.4. The smallest absolute Gasteiger partial charge is 0.271 e. The third kappa shape index (κ3) is 5.24. The lowest BCUT2D eigenvalue weighted by atomic mass is 10.2. The second-order valence-corrected chi connectivity index (χ2v) is 10.5. The molecule has 0 radical (unpaired) electrons. The van der Waals surface area contributed by atoms with Gasteiger partial charge in [-0.3, -0.25) is 14.6 Å². The van der Waals surface area contributed by atoms with Crippen LogP contribution in [0.2, 0.25) is 0 Å². The van der Waals surface area contributed by atoms with Crippen LogP contribution < -0.4 is 14.9 Å². The number of amides is 2. The number of nitrogens with zero attached hydrogens (tertiary/aromatic N) is 4. The molecule has 0 atom stereocenters. The summed E-state index contributed by atoms with van der Waals surface area (Å²) in [7, 11) is -3.79. The maximum absolute atomic E-state index is 12.7. The zero-order chi connectivity index (χ0) is 23.6. The van der Waals surface area contributed by atoms with Crippen molar-refractivity contribution in [2.24, 2.45) is 0 Å². The molecule has 172 valence electrons. The molecule has 0 fully saturated rings. The number of anilines is 1. The van der Waals surface area contributed by atoms with E-state index in [0.29, 0.717) is 25.2 Å². The maximum atomic E-state index is 12.7. The van der Waals surface area contributed by atoms with Crippen LogP contribution in [-0.2, 0) is 34.3 Å². The minimum atomic E-state index is -3.79. The maximum Gasteiger partial charge on any atom is 0.271 e. The van der Waals surface area contributed by atoms with Crippen molar-refractivity contribution < 1.29 is 18.0 Å². The summed E-state index contributed by atoms with van der Waals surface area (Å²) in [5.41, 5.74) is 2.07. The van der Waals surface area contributed by atoms with Gasteiger partial charge in [0.1, 0.15) is 5.69 Å². The molecule has 0 saturated carbocycles. The van der Waals surface area contributed by atoms with Gasteiger partial charge in [-0.05, 0) is 37.1 Å². The van der Waals surface area contributed by atoms with Crippen LogP contribution in [0.4, 0.5) is 5.69 Å². The van der Waals surface area contributed by atoms with Crippen LogP contribution in [0.5, 0.6) is 0 Å². The second kappa shape index (κ2) is 9.33. The molecule has 2 amide bonds. The molecule has 0 bridgehead atoms. The van der Waals surface area contributed by atoms with Crippen molar-refractivity contribution >= 4 is 38.9 Å². The molecular formula is C21H22N6O4S2. The van der Waals surface area contributed by atoms with Crippen LogP contribution in [0.1, 0.15) is 38.6 Å². The Morgan fingerprint density at radius 1 is 1.12 bits per heavy atom. The Kier molecular flexibility index (Phi) is 6.49. The van der Waals surface area contributed by atoms with Gasteiger partial charge in [0.25, 0.3) is 5.91 Å². The Hall–Kier alpha value is -3.22. The summed E-state index contributed by atoms with van der Waals surface area (Å²) in [5.74, 6) is -0.449. The van der Waals surface area contributed by atoms with Crippen LogP contribution >= 0.6 is 11.3 Å². The van der Waals surface area contributed by atoms with Crippen LogP contribution in [0, 0.1) is 6.92 Å². The first-order valence-electron chi connectivity index (χ1n) is 10.1. The fourth-order valence-corrected chi connectivity index (χ4v) is 5.22. The average molecular weight is 487 g/mol. The predicted molar refractivity (Wildman–Crippen MR) is 122 cm³/mol. The van der Waals surface area contributed by atoms with Crippen molar-refractivity contribution in [2.75, 3.05) is 11.4 Å². The third-order valence-electron chi connectivity index (χ3n) is 5.11. The van der Waals surface area contributed by atoms with Gasteiger partial charge in [0.15, 0.2) is 0 Å². The normalized spacial score (nSPS) is 13.1. The lowest BCUT2D eigenvalue weighted by Crippen LogP contribution is -2.26. The van der Waals surface area contributed by atoms with E-state index in [4.69, 9.17) is 0 Å². The van der Waals surface area contributed by atoms with E-state index in [0.717, 1.165) is 21.1 Å². The summed E-state index contributed by atoms with van der Waals surface area (Å²) in [6, 6.07) is 4.72. The Morgan fingerprint density at radius 2 is 1.94 bits per heavy atom. The standard InChI is InChI=1S/C21H22N6O4S2/c1-13-22-10-17(32-13)11-25-21(29)19-12-23-16(8-24-19)9-26-33(30,31)18-3-4-20-15(7-18)5-6-27(20)14(2)28/h3-4,7-8,10,12,26H,5-6,9,11H2,1-2H3,(H,25,29).